The molecule has 3 fully saturated rings. The molecular weight excluding hydrogens is 344 g/mol. The monoisotopic (exact) mass is 370 g/mol. The Kier molecular flexibility index (Phi) is 4.02. The summed E-state index contributed by atoms with van der Waals surface area (Å²) in [7, 11) is 0. The molecule has 4 heterocycles. The van der Waals surface area contributed by atoms with Gasteiger partial charge >= 0.3 is 0 Å². The number of piperidine rings is 1. The Morgan fingerprint density at radius 3 is 2.63 bits per heavy atom. The fourth-order valence-electron chi connectivity index (χ4n) is 5.53. The van der Waals surface area contributed by atoms with Gasteiger partial charge in [-0.2, -0.15) is 0 Å². The summed E-state index contributed by atoms with van der Waals surface area (Å²) in [5, 5.41) is 0. The molecule has 0 unspecified atom stereocenters. The third kappa shape index (κ3) is 2.69. The van der Waals surface area contributed by atoms with Gasteiger partial charge in [0.2, 0.25) is 5.91 Å². The second-order valence-electron chi connectivity index (χ2n) is 8.49. The molecule has 6 heteroatoms. The number of nitrogens with zero attached hydrogens (tertiary/aromatic N) is 2. The summed E-state index contributed by atoms with van der Waals surface area (Å²) in [5.74, 6) is 0.669. The zero-order chi connectivity index (χ0) is 18.6. The summed E-state index contributed by atoms with van der Waals surface area (Å²) >= 11 is 0. The van der Waals surface area contributed by atoms with E-state index in [9.17, 15) is 9.59 Å². The van der Waals surface area contributed by atoms with Crippen molar-refractivity contribution in [3.05, 3.63) is 34.9 Å². The van der Waals surface area contributed by atoms with Crippen LogP contribution >= 0.6 is 0 Å². The maximum absolute atomic E-state index is 13.0. The Hall–Kier alpha value is -1.92. The fraction of sp³-hybridized carbons (Fsp3) is 0.619. The molecule has 5 rings (SSSR count). The first-order valence-electron chi connectivity index (χ1n) is 9.91. The molecule has 4 aliphatic heterocycles. The van der Waals surface area contributed by atoms with Gasteiger partial charge in [0.1, 0.15) is 0 Å². The number of fused-ring (bicyclic) bond motifs is 3. The van der Waals surface area contributed by atoms with E-state index in [-0.39, 0.29) is 23.3 Å². The first kappa shape index (κ1) is 17.2. The molecule has 2 amide bonds. The van der Waals surface area contributed by atoms with E-state index in [1.165, 1.54) is 5.56 Å². The minimum atomic E-state index is 0.107. The van der Waals surface area contributed by atoms with Gasteiger partial charge in [0.05, 0.1) is 32.5 Å². The number of hydrogen-bond donors (Lipinski definition) is 0. The normalized spacial score (nSPS) is 28.5. The first-order valence-corrected chi connectivity index (χ1v) is 9.91. The van der Waals surface area contributed by atoms with Crippen LogP contribution in [0.1, 0.15) is 41.3 Å². The second-order valence-corrected chi connectivity index (χ2v) is 8.49. The van der Waals surface area contributed by atoms with Gasteiger partial charge in [-0.1, -0.05) is 6.07 Å². The van der Waals surface area contributed by atoms with Crippen molar-refractivity contribution >= 4 is 11.8 Å². The molecule has 0 aliphatic carbocycles. The molecule has 0 aromatic heterocycles. The van der Waals surface area contributed by atoms with Gasteiger partial charge in [0.25, 0.3) is 5.91 Å². The lowest BCUT2D eigenvalue weighted by Gasteiger charge is -2.42. The van der Waals surface area contributed by atoms with Crippen molar-refractivity contribution in [3.63, 3.8) is 0 Å². The van der Waals surface area contributed by atoms with Crippen LogP contribution in [-0.2, 0) is 27.5 Å². The highest BCUT2D eigenvalue weighted by Crippen LogP contribution is 2.50. The number of carbonyl (C=O) groups is 2. The van der Waals surface area contributed by atoms with Gasteiger partial charge in [0, 0.05) is 38.0 Å². The second kappa shape index (κ2) is 6.31. The first-order chi connectivity index (χ1) is 13.1. The van der Waals surface area contributed by atoms with Crippen molar-refractivity contribution in [3.8, 4) is 0 Å². The smallest absolute Gasteiger partial charge is 0.253 e. The average Bonchev–Trinajstić information content (AvgIpc) is 3.39. The molecule has 1 aromatic carbocycles. The van der Waals surface area contributed by atoms with E-state index in [0.29, 0.717) is 25.7 Å². The van der Waals surface area contributed by atoms with Crippen LogP contribution in [0.3, 0.4) is 0 Å². The van der Waals surface area contributed by atoms with Crippen molar-refractivity contribution in [2.75, 3.05) is 32.8 Å². The standard InChI is InChI=1S/C21H26N2O4/c1-14(24)23-13-21(18-11-27-12-19(18)23)4-6-22(7-5-21)20(25)15-2-3-16-9-26-10-17(16)8-15/h2-3,8,18-19H,4-7,9-13H2,1H3/t18-,19+/m0/s1. The highest BCUT2D eigenvalue weighted by molar-refractivity contribution is 5.94. The van der Waals surface area contributed by atoms with E-state index in [2.05, 4.69) is 0 Å². The molecule has 144 valence electrons. The molecule has 1 aromatic rings. The molecule has 0 radical (unpaired) electrons. The molecule has 0 bridgehead atoms. The van der Waals surface area contributed by atoms with Crippen molar-refractivity contribution in [1.82, 2.24) is 9.80 Å². The van der Waals surface area contributed by atoms with E-state index >= 15 is 0 Å². The quantitative estimate of drug-likeness (QED) is 0.757. The number of likely N-dealkylation sites (tertiary alicyclic amines) is 2. The Bertz CT molecular complexity index is 784. The SMILES string of the molecule is CC(=O)N1CC2(CCN(C(=O)c3ccc4c(c3)COC4)CC2)[C@H]2COC[C@H]21. The van der Waals surface area contributed by atoms with Gasteiger partial charge in [-0.3, -0.25) is 9.59 Å². The van der Waals surface area contributed by atoms with Gasteiger partial charge in [-0.05, 0) is 41.5 Å². The summed E-state index contributed by atoms with van der Waals surface area (Å²) in [4.78, 5) is 29.0. The largest absolute Gasteiger partial charge is 0.379 e. The highest BCUT2D eigenvalue weighted by Gasteiger charge is 2.56. The minimum absolute atomic E-state index is 0.107. The van der Waals surface area contributed by atoms with E-state index < -0.39 is 0 Å². The topological polar surface area (TPSA) is 59.1 Å². The Labute approximate surface area is 159 Å². The van der Waals surface area contributed by atoms with Crippen molar-refractivity contribution in [2.24, 2.45) is 11.3 Å². The fourth-order valence-corrected chi connectivity index (χ4v) is 5.53. The van der Waals surface area contributed by atoms with Crippen LogP contribution in [0.25, 0.3) is 0 Å². The van der Waals surface area contributed by atoms with Crippen LogP contribution in [-0.4, -0.2) is 60.5 Å². The van der Waals surface area contributed by atoms with E-state index in [1.54, 1.807) is 6.92 Å². The highest BCUT2D eigenvalue weighted by atomic mass is 16.5. The molecule has 6 nitrogen and oxygen atoms in total. The van der Waals surface area contributed by atoms with Crippen molar-refractivity contribution in [2.45, 2.75) is 39.0 Å². The number of amides is 2. The van der Waals surface area contributed by atoms with E-state index in [0.717, 1.165) is 50.2 Å². The van der Waals surface area contributed by atoms with Gasteiger partial charge in [-0.15, -0.1) is 0 Å². The van der Waals surface area contributed by atoms with Crippen LogP contribution in [0.4, 0.5) is 0 Å². The van der Waals surface area contributed by atoms with E-state index in [4.69, 9.17) is 9.47 Å². The van der Waals surface area contributed by atoms with E-state index in [1.807, 2.05) is 28.0 Å². The number of hydrogen-bond acceptors (Lipinski definition) is 4. The van der Waals surface area contributed by atoms with Gasteiger partial charge in [-0.25, -0.2) is 0 Å². The third-order valence-electron chi connectivity index (χ3n) is 7.14. The van der Waals surface area contributed by atoms with Crippen LogP contribution in [0.2, 0.25) is 0 Å². The number of carbonyl (C=O) groups excluding carboxylic acids is 2. The Morgan fingerprint density at radius 1 is 1.07 bits per heavy atom. The zero-order valence-electron chi connectivity index (χ0n) is 15.8. The Balaban J connectivity index is 1.30. The summed E-state index contributed by atoms with van der Waals surface area (Å²) in [6.45, 7) is 6.63. The Morgan fingerprint density at radius 2 is 1.85 bits per heavy atom. The molecule has 27 heavy (non-hydrogen) atoms. The van der Waals surface area contributed by atoms with Crippen LogP contribution in [0.5, 0.6) is 0 Å². The van der Waals surface area contributed by atoms with Crippen LogP contribution in [0, 0.1) is 11.3 Å². The summed E-state index contributed by atoms with van der Waals surface area (Å²) in [5.41, 5.74) is 3.18. The van der Waals surface area contributed by atoms with Crippen LogP contribution in [0.15, 0.2) is 18.2 Å². The molecule has 2 atom stereocenters. The maximum Gasteiger partial charge on any atom is 0.253 e. The number of ether oxygens (including phenoxy) is 2. The molecule has 3 saturated heterocycles. The van der Waals surface area contributed by atoms with Crippen molar-refractivity contribution < 1.29 is 19.1 Å². The van der Waals surface area contributed by atoms with Crippen LogP contribution < -0.4 is 0 Å². The predicted octanol–water partition coefficient (Wildman–Crippen LogP) is 1.82. The lowest BCUT2D eigenvalue weighted by atomic mass is 9.70. The maximum atomic E-state index is 13.0. The molecule has 0 N–H and O–H groups in total. The lowest BCUT2D eigenvalue weighted by molar-refractivity contribution is -0.130. The van der Waals surface area contributed by atoms with Gasteiger partial charge < -0.3 is 19.3 Å². The summed E-state index contributed by atoms with van der Waals surface area (Å²) in [6, 6.07) is 6.15. The molecule has 0 saturated carbocycles. The number of rotatable bonds is 1. The van der Waals surface area contributed by atoms with Crippen molar-refractivity contribution in [1.29, 1.82) is 0 Å². The summed E-state index contributed by atoms with van der Waals surface area (Å²) < 4.78 is 11.2. The summed E-state index contributed by atoms with van der Waals surface area (Å²) in [6.07, 6.45) is 1.89. The average molecular weight is 370 g/mol. The number of benzene rings is 1. The third-order valence-corrected chi connectivity index (χ3v) is 7.14. The lowest BCUT2D eigenvalue weighted by Crippen LogP contribution is -2.47. The van der Waals surface area contributed by atoms with Gasteiger partial charge in [0.15, 0.2) is 0 Å². The molecule has 1 spiro atoms. The molecule has 4 aliphatic rings. The minimum Gasteiger partial charge on any atom is -0.379 e. The predicted molar refractivity (Wildman–Crippen MR) is 98.0 cm³/mol. The zero-order valence-corrected chi connectivity index (χ0v) is 15.8. The molecular formula is C21H26N2O4.